The molecule has 0 aromatic heterocycles. The highest BCUT2D eigenvalue weighted by molar-refractivity contribution is 5.04. The van der Waals surface area contributed by atoms with Crippen LogP contribution in [0.25, 0.3) is 0 Å². The van der Waals surface area contributed by atoms with Crippen LogP contribution in [0.3, 0.4) is 0 Å². The lowest BCUT2D eigenvalue weighted by atomic mass is 9.84. The average molecular weight is 462 g/mol. The van der Waals surface area contributed by atoms with E-state index in [0.29, 0.717) is 25.1 Å². The Hall–Kier alpha value is -0.900. The van der Waals surface area contributed by atoms with Crippen LogP contribution in [0, 0.1) is 0 Å². The topological polar surface area (TPSA) is 214 Å². The molecule has 2 aliphatic heterocycles. The highest BCUT2D eigenvalue weighted by atomic mass is 16.7. The molecule has 1 saturated heterocycles. The van der Waals surface area contributed by atoms with E-state index in [4.69, 9.17) is 41.9 Å². The van der Waals surface area contributed by atoms with Gasteiger partial charge in [0.05, 0.1) is 25.2 Å². The van der Waals surface area contributed by atoms with Gasteiger partial charge >= 0.3 is 0 Å². The molecule has 1 saturated carbocycles. The first-order valence-electron chi connectivity index (χ1n) is 11.2. The molecular weight excluding hydrogens is 422 g/mol. The molecule has 0 spiro atoms. The SMILES string of the molecule is CCN[C@H]1[C@H](O)[C@H](O[C@@H]2[C@@H](O)[C@H](O[C@H]3OC(CN)=CC[C@H]3N)[C@@H](N)C[C@H]2N)OC[C@@]1(C)O. The first-order chi connectivity index (χ1) is 15.1. The Morgan fingerprint density at radius 3 is 2.31 bits per heavy atom. The van der Waals surface area contributed by atoms with E-state index in [1.165, 1.54) is 0 Å². The zero-order chi connectivity index (χ0) is 23.6. The van der Waals surface area contributed by atoms with Crippen molar-refractivity contribution in [2.75, 3.05) is 19.7 Å². The molecule has 12 heteroatoms. The van der Waals surface area contributed by atoms with Crippen molar-refractivity contribution < 1.29 is 34.3 Å². The third kappa shape index (κ3) is 5.42. The fraction of sp³-hybridized carbons (Fsp3) is 0.900. The number of likely N-dealkylation sites (N-methyl/N-ethyl adjacent to an activating group) is 1. The van der Waals surface area contributed by atoms with Gasteiger partial charge in [-0.3, -0.25) is 0 Å². The highest BCUT2D eigenvalue weighted by Crippen LogP contribution is 2.31. The normalized spacial score (nSPS) is 47.6. The second-order valence-electron chi connectivity index (χ2n) is 9.08. The molecule has 11 atom stereocenters. The Balaban J connectivity index is 1.69. The van der Waals surface area contributed by atoms with Crippen molar-refractivity contribution in [2.24, 2.45) is 22.9 Å². The minimum Gasteiger partial charge on any atom is -0.467 e. The lowest BCUT2D eigenvalue weighted by molar-refractivity contribution is -0.303. The van der Waals surface area contributed by atoms with E-state index in [0.717, 1.165) is 0 Å². The van der Waals surface area contributed by atoms with Crippen LogP contribution in [0.5, 0.6) is 0 Å². The summed E-state index contributed by atoms with van der Waals surface area (Å²) < 4.78 is 23.2. The zero-order valence-electron chi connectivity index (χ0n) is 18.7. The largest absolute Gasteiger partial charge is 0.467 e. The van der Waals surface area contributed by atoms with Gasteiger partial charge in [0.15, 0.2) is 6.29 Å². The molecule has 2 fully saturated rings. The van der Waals surface area contributed by atoms with Gasteiger partial charge < -0.3 is 62.5 Å². The molecule has 0 aromatic rings. The van der Waals surface area contributed by atoms with Crippen LogP contribution in [-0.4, -0.2) is 102 Å². The minimum atomic E-state index is -1.29. The molecule has 2 heterocycles. The number of aliphatic hydroxyl groups is 3. The van der Waals surface area contributed by atoms with Crippen molar-refractivity contribution in [2.45, 2.75) is 93.5 Å². The van der Waals surface area contributed by atoms with Gasteiger partial charge in [0.25, 0.3) is 0 Å². The molecule has 12 N–H and O–H groups in total. The fourth-order valence-electron chi connectivity index (χ4n) is 4.52. The molecule has 0 amide bonds. The lowest BCUT2D eigenvalue weighted by Crippen LogP contribution is -2.69. The van der Waals surface area contributed by atoms with Crippen molar-refractivity contribution in [1.29, 1.82) is 0 Å². The summed E-state index contributed by atoms with van der Waals surface area (Å²) in [6.45, 7) is 4.10. The first kappa shape index (κ1) is 25.7. The first-order valence-corrected chi connectivity index (χ1v) is 11.2. The molecule has 32 heavy (non-hydrogen) atoms. The van der Waals surface area contributed by atoms with Crippen LogP contribution >= 0.6 is 0 Å². The highest BCUT2D eigenvalue weighted by Gasteiger charge is 2.50. The van der Waals surface area contributed by atoms with Gasteiger partial charge in [0, 0.05) is 12.1 Å². The van der Waals surface area contributed by atoms with E-state index < -0.39 is 66.8 Å². The van der Waals surface area contributed by atoms with Crippen molar-refractivity contribution in [3.8, 4) is 0 Å². The fourth-order valence-corrected chi connectivity index (χ4v) is 4.52. The Kier molecular flexibility index (Phi) is 8.50. The summed E-state index contributed by atoms with van der Waals surface area (Å²) in [6, 6.07) is -2.36. The predicted molar refractivity (Wildman–Crippen MR) is 115 cm³/mol. The number of ether oxygens (including phenoxy) is 4. The van der Waals surface area contributed by atoms with E-state index >= 15 is 0 Å². The number of aliphatic hydroxyl groups excluding tert-OH is 2. The number of nitrogens with one attached hydrogen (secondary N) is 1. The molecule has 0 aromatic carbocycles. The van der Waals surface area contributed by atoms with Gasteiger partial charge in [-0.05, 0) is 32.4 Å². The van der Waals surface area contributed by atoms with E-state index in [-0.39, 0.29) is 13.2 Å². The van der Waals surface area contributed by atoms with E-state index in [2.05, 4.69) is 5.32 Å². The van der Waals surface area contributed by atoms with Crippen molar-refractivity contribution in [3.05, 3.63) is 11.8 Å². The van der Waals surface area contributed by atoms with E-state index in [1.54, 1.807) is 13.0 Å². The molecule has 3 rings (SSSR count). The number of nitrogens with two attached hydrogens (primary N) is 4. The molecule has 1 aliphatic carbocycles. The van der Waals surface area contributed by atoms with Crippen molar-refractivity contribution >= 4 is 0 Å². The maximum Gasteiger partial charge on any atom is 0.215 e. The van der Waals surface area contributed by atoms with Crippen molar-refractivity contribution in [1.82, 2.24) is 5.32 Å². The Bertz CT molecular complexity index is 654. The van der Waals surface area contributed by atoms with Gasteiger partial charge in [-0.2, -0.15) is 0 Å². The van der Waals surface area contributed by atoms with Gasteiger partial charge in [-0.25, -0.2) is 0 Å². The summed E-state index contributed by atoms with van der Waals surface area (Å²) in [6.07, 6.45) is -3.55. The van der Waals surface area contributed by atoms with Crippen LogP contribution in [0.1, 0.15) is 26.7 Å². The summed E-state index contributed by atoms with van der Waals surface area (Å²) >= 11 is 0. The third-order valence-corrected chi connectivity index (χ3v) is 6.33. The molecular formula is C20H39N5O7. The maximum absolute atomic E-state index is 11.1. The maximum atomic E-state index is 11.1. The van der Waals surface area contributed by atoms with Crippen LogP contribution in [0.2, 0.25) is 0 Å². The number of hydrogen-bond acceptors (Lipinski definition) is 12. The van der Waals surface area contributed by atoms with Gasteiger partial charge in [0.2, 0.25) is 6.29 Å². The summed E-state index contributed by atoms with van der Waals surface area (Å²) in [7, 11) is 0. The van der Waals surface area contributed by atoms with Crippen LogP contribution in [0.4, 0.5) is 0 Å². The van der Waals surface area contributed by atoms with Crippen LogP contribution in [-0.2, 0) is 18.9 Å². The monoisotopic (exact) mass is 461 g/mol. The summed E-state index contributed by atoms with van der Waals surface area (Å²) in [5.41, 5.74) is 22.9. The molecule has 186 valence electrons. The summed E-state index contributed by atoms with van der Waals surface area (Å²) in [5.74, 6) is 0.556. The number of hydrogen-bond donors (Lipinski definition) is 8. The quantitative estimate of drug-likeness (QED) is 0.186. The Morgan fingerprint density at radius 2 is 1.72 bits per heavy atom. The second kappa shape index (κ2) is 10.6. The van der Waals surface area contributed by atoms with E-state index in [1.807, 2.05) is 6.92 Å². The lowest BCUT2D eigenvalue weighted by Gasteiger charge is -2.48. The van der Waals surface area contributed by atoms with Gasteiger partial charge in [-0.15, -0.1) is 0 Å². The number of rotatable bonds is 7. The zero-order valence-corrected chi connectivity index (χ0v) is 18.7. The third-order valence-electron chi connectivity index (χ3n) is 6.33. The molecule has 0 unspecified atom stereocenters. The van der Waals surface area contributed by atoms with Crippen molar-refractivity contribution in [3.63, 3.8) is 0 Å². The Morgan fingerprint density at radius 1 is 1.09 bits per heavy atom. The van der Waals surface area contributed by atoms with Crippen LogP contribution in [0.15, 0.2) is 11.8 Å². The van der Waals surface area contributed by atoms with E-state index in [9.17, 15) is 15.3 Å². The minimum absolute atomic E-state index is 0.0666. The average Bonchev–Trinajstić information content (AvgIpc) is 2.74. The molecule has 0 bridgehead atoms. The predicted octanol–water partition coefficient (Wildman–Crippen LogP) is -3.46. The standard InChI is InChI=1S/C20H39N5O7/c1-3-25-17-14(27)19(29-8-20(17,2)28)32-16-12(24)6-11(23)15(13(16)26)31-18-10(22)5-4-9(7-21)30-18/h4,10-19,25-28H,3,5-8,21-24H2,1-2H3/t10-,11+,12-,13+,14+,15-,16+,17+,18-,19+,20-/m1/s1. The molecule has 12 nitrogen and oxygen atoms in total. The van der Waals surface area contributed by atoms with Crippen LogP contribution < -0.4 is 28.3 Å². The molecule has 0 radical (unpaired) electrons. The smallest absolute Gasteiger partial charge is 0.215 e. The summed E-state index contributed by atoms with van der Waals surface area (Å²) in [5, 5.41) is 35.4. The summed E-state index contributed by atoms with van der Waals surface area (Å²) in [4.78, 5) is 0. The van der Waals surface area contributed by atoms with Gasteiger partial charge in [0.1, 0.15) is 35.8 Å². The van der Waals surface area contributed by atoms with Gasteiger partial charge in [-0.1, -0.05) is 6.92 Å². The second-order valence-corrected chi connectivity index (χ2v) is 9.08. The molecule has 3 aliphatic rings. The Labute approximate surface area is 188 Å².